The number of aromatic nitrogens is 1. The van der Waals surface area contributed by atoms with Gasteiger partial charge in [-0.15, -0.1) is 0 Å². The van der Waals surface area contributed by atoms with Crippen molar-refractivity contribution in [2.75, 3.05) is 0 Å². The quantitative estimate of drug-likeness (QED) is 0.627. The van der Waals surface area contributed by atoms with Crippen LogP contribution < -0.4 is 0 Å². The fourth-order valence-corrected chi connectivity index (χ4v) is 1.34. The normalized spacial score (nSPS) is 15.7. The number of pyridine rings is 1. The maximum absolute atomic E-state index is 8.68. The molecule has 0 atom stereocenters. The zero-order valence-corrected chi connectivity index (χ0v) is 7.04. The van der Waals surface area contributed by atoms with E-state index < -0.39 is 0 Å². The average molecular weight is 158 g/mol. The number of hydrogen-bond acceptors (Lipinski definition) is 2. The predicted octanol–water partition coefficient (Wildman–Crippen LogP) is 2.14. The summed E-state index contributed by atoms with van der Waals surface area (Å²) in [6.45, 7) is 2.01. The number of nitrogens with zero attached hydrogens (tertiary/aromatic N) is 2. The van der Waals surface area contributed by atoms with E-state index in [1.165, 1.54) is 12.8 Å². The zero-order chi connectivity index (χ0) is 8.55. The minimum atomic E-state index is 0.553. The van der Waals surface area contributed by atoms with E-state index >= 15 is 0 Å². The molecule has 1 fully saturated rings. The van der Waals surface area contributed by atoms with Crippen molar-refractivity contribution in [1.29, 1.82) is 5.26 Å². The summed E-state index contributed by atoms with van der Waals surface area (Å²) in [5, 5.41) is 8.68. The SMILES string of the molecule is Cc1cc(C#N)nc(C2CC2)c1. The zero-order valence-electron chi connectivity index (χ0n) is 7.04. The molecule has 0 N–H and O–H groups in total. The first-order chi connectivity index (χ1) is 5.79. The lowest BCUT2D eigenvalue weighted by molar-refractivity contribution is 1.00. The van der Waals surface area contributed by atoms with Gasteiger partial charge in [0.05, 0.1) is 0 Å². The van der Waals surface area contributed by atoms with Gasteiger partial charge in [-0.1, -0.05) is 0 Å². The molecule has 0 amide bonds. The van der Waals surface area contributed by atoms with E-state index in [2.05, 4.69) is 17.1 Å². The number of aryl methyl sites for hydroxylation is 1. The molecule has 0 unspecified atom stereocenters. The molecule has 0 spiro atoms. The molecule has 1 heterocycles. The van der Waals surface area contributed by atoms with Gasteiger partial charge in [0, 0.05) is 11.6 Å². The van der Waals surface area contributed by atoms with Crippen molar-refractivity contribution >= 4 is 0 Å². The first-order valence-corrected chi connectivity index (χ1v) is 4.18. The highest BCUT2D eigenvalue weighted by atomic mass is 14.7. The van der Waals surface area contributed by atoms with Crippen molar-refractivity contribution in [3.63, 3.8) is 0 Å². The molecular weight excluding hydrogens is 148 g/mol. The summed E-state index contributed by atoms with van der Waals surface area (Å²) in [4.78, 5) is 4.25. The van der Waals surface area contributed by atoms with Gasteiger partial charge in [0.25, 0.3) is 0 Å². The molecule has 2 heteroatoms. The van der Waals surface area contributed by atoms with E-state index in [0.29, 0.717) is 11.6 Å². The van der Waals surface area contributed by atoms with Crippen LogP contribution in [0.4, 0.5) is 0 Å². The van der Waals surface area contributed by atoms with Gasteiger partial charge in [0.1, 0.15) is 11.8 Å². The molecule has 1 saturated carbocycles. The van der Waals surface area contributed by atoms with Crippen molar-refractivity contribution in [3.8, 4) is 6.07 Å². The molecule has 1 aliphatic carbocycles. The third kappa shape index (κ3) is 1.31. The van der Waals surface area contributed by atoms with Gasteiger partial charge in [-0.25, -0.2) is 4.98 Å². The van der Waals surface area contributed by atoms with E-state index in [-0.39, 0.29) is 0 Å². The van der Waals surface area contributed by atoms with Gasteiger partial charge in [0.15, 0.2) is 0 Å². The summed E-state index contributed by atoms with van der Waals surface area (Å²) in [6, 6.07) is 5.99. The minimum Gasteiger partial charge on any atom is -0.242 e. The molecule has 12 heavy (non-hydrogen) atoms. The van der Waals surface area contributed by atoms with E-state index in [4.69, 9.17) is 5.26 Å². The fourth-order valence-electron chi connectivity index (χ4n) is 1.34. The van der Waals surface area contributed by atoms with Crippen LogP contribution in [0.3, 0.4) is 0 Å². The third-order valence-electron chi connectivity index (χ3n) is 2.10. The highest BCUT2D eigenvalue weighted by molar-refractivity contribution is 5.30. The second-order valence-corrected chi connectivity index (χ2v) is 3.34. The Hall–Kier alpha value is -1.36. The molecule has 0 aromatic carbocycles. The second kappa shape index (κ2) is 2.60. The van der Waals surface area contributed by atoms with Crippen LogP contribution in [-0.4, -0.2) is 4.98 Å². The molecule has 2 rings (SSSR count). The van der Waals surface area contributed by atoms with Crippen LogP contribution in [0.5, 0.6) is 0 Å². The molecule has 1 aliphatic rings. The summed E-state index contributed by atoms with van der Waals surface area (Å²) in [7, 11) is 0. The van der Waals surface area contributed by atoms with Crippen LogP contribution in [0.1, 0.15) is 35.7 Å². The number of hydrogen-bond donors (Lipinski definition) is 0. The molecule has 60 valence electrons. The Labute approximate surface area is 71.9 Å². The lowest BCUT2D eigenvalue weighted by Crippen LogP contribution is -1.91. The first-order valence-electron chi connectivity index (χ1n) is 4.18. The topological polar surface area (TPSA) is 36.7 Å². The van der Waals surface area contributed by atoms with Gasteiger partial charge in [-0.05, 0) is 37.5 Å². The summed E-state index contributed by atoms with van der Waals surface area (Å²) in [6.07, 6.45) is 2.47. The van der Waals surface area contributed by atoms with Crippen LogP contribution >= 0.6 is 0 Å². The second-order valence-electron chi connectivity index (χ2n) is 3.34. The molecule has 0 aliphatic heterocycles. The standard InChI is InChI=1S/C10H10N2/c1-7-4-9(6-11)12-10(5-7)8-2-3-8/h4-5,8H,2-3H2,1H3. The summed E-state index contributed by atoms with van der Waals surface area (Å²) in [5.41, 5.74) is 2.80. The van der Waals surface area contributed by atoms with Gasteiger partial charge < -0.3 is 0 Å². The summed E-state index contributed by atoms with van der Waals surface area (Å²) < 4.78 is 0. The highest BCUT2D eigenvalue weighted by Gasteiger charge is 2.25. The Bertz CT molecular complexity index is 345. The van der Waals surface area contributed by atoms with Crippen LogP contribution in [0.15, 0.2) is 12.1 Å². The van der Waals surface area contributed by atoms with Gasteiger partial charge in [-0.3, -0.25) is 0 Å². The Morgan fingerprint density at radius 3 is 2.83 bits per heavy atom. The minimum absolute atomic E-state index is 0.553. The van der Waals surface area contributed by atoms with Crippen LogP contribution in [0.2, 0.25) is 0 Å². The van der Waals surface area contributed by atoms with E-state index in [1.807, 2.05) is 13.0 Å². The van der Waals surface area contributed by atoms with Gasteiger partial charge in [0.2, 0.25) is 0 Å². The number of rotatable bonds is 1. The molecule has 2 nitrogen and oxygen atoms in total. The van der Waals surface area contributed by atoms with Crippen LogP contribution in [-0.2, 0) is 0 Å². The van der Waals surface area contributed by atoms with Crippen molar-refractivity contribution in [2.45, 2.75) is 25.7 Å². The third-order valence-corrected chi connectivity index (χ3v) is 2.10. The lowest BCUT2D eigenvalue weighted by Gasteiger charge is -1.99. The summed E-state index contributed by atoms with van der Waals surface area (Å²) in [5.74, 6) is 0.636. The molecule has 0 radical (unpaired) electrons. The van der Waals surface area contributed by atoms with Crippen molar-refractivity contribution in [1.82, 2.24) is 4.98 Å². The average Bonchev–Trinajstić information content (AvgIpc) is 2.85. The largest absolute Gasteiger partial charge is 0.242 e. The van der Waals surface area contributed by atoms with Crippen LogP contribution in [0, 0.1) is 18.3 Å². The maximum Gasteiger partial charge on any atom is 0.141 e. The summed E-state index contributed by atoms with van der Waals surface area (Å²) >= 11 is 0. The Balaban J connectivity index is 2.43. The van der Waals surface area contributed by atoms with Crippen molar-refractivity contribution < 1.29 is 0 Å². The highest BCUT2D eigenvalue weighted by Crippen LogP contribution is 2.39. The van der Waals surface area contributed by atoms with Crippen molar-refractivity contribution in [2.24, 2.45) is 0 Å². The van der Waals surface area contributed by atoms with E-state index in [1.54, 1.807) is 0 Å². The molecule has 1 aromatic rings. The van der Waals surface area contributed by atoms with Crippen molar-refractivity contribution in [3.05, 3.63) is 29.1 Å². The van der Waals surface area contributed by atoms with Gasteiger partial charge in [-0.2, -0.15) is 5.26 Å². The van der Waals surface area contributed by atoms with E-state index in [9.17, 15) is 0 Å². The van der Waals surface area contributed by atoms with E-state index in [0.717, 1.165) is 11.3 Å². The molecule has 0 bridgehead atoms. The molecular formula is C10H10N2. The smallest absolute Gasteiger partial charge is 0.141 e. The van der Waals surface area contributed by atoms with Gasteiger partial charge >= 0.3 is 0 Å². The first kappa shape index (κ1) is 7.30. The maximum atomic E-state index is 8.68. The fraction of sp³-hybridized carbons (Fsp3) is 0.400. The monoisotopic (exact) mass is 158 g/mol. The Morgan fingerprint density at radius 1 is 1.50 bits per heavy atom. The molecule has 0 saturated heterocycles. The Morgan fingerprint density at radius 2 is 2.25 bits per heavy atom. The predicted molar refractivity (Wildman–Crippen MR) is 45.7 cm³/mol. The van der Waals surface area contributed by atoms with Crippen LogP contribution in [0.25, 0.3) is 0 Å². The Kier molecular flexibility index (Phi) is 1.58. The lowest BCUT2D eigenvalue weighted by atomic mass is 10.1. The number of nitriles is 1. The molecule has 1 aromatic heterocycles.